The molecule has 10 heavy (non-hydrogen) atoms. The lowest BCUT2D eigenvalue weighted by Crippen LogP contribution is -2.18. The minimum atomic E-state index is -0.0232. The van der Waals surface area contributed by atoms with E-state index in [2.05, 4.69) is 6.58 Å². The van der Waals surface area contributed by atoms with Crippen LogP contribution in [-0.4, -0.2) is 36.4 Å². The molecular weight excluding hydrogens is 148 g/mol. The van der Waals surface area contributed by atoms with Crippen LogP contribution in [0.25, 0.3) is 0 Å². The van der Waals surface area contributed by atoms with E-state index in [1.807, 2.05) is 6.08 Å². The predicted octanol–water partition coefficient (Wildman–Crippen LogP) is 0.913. The van der Waals surface area contributed by atoms with Gasteiger partial charge in [0.05, 0.1) is 12.7 Å². The van der Waals surface area contributed by atoms with Crippen LogP contribution < -0.4 is 0 Å². The van der Waals surface area contributed by atoms with Crippen molar-refractivity contribution in [2.45, 2.75) is 6.10 Å². The van der Waals surface area contributed by atoms with Crippen LogP contribution in [-0.2, 0) is 4.74 Å². The lowest BCUT2D eigenvalue weighted by atomic mass is 10.4. The van der Waals surface area contributed by atoms with Crippen molar-refractivity contribution >= 4 is 11.8 Å². The van der Waals surface area contributed by atoms with Crippen molar-refractivity contribution in [3.63, 3.8) is 0 Å². The maximum Gasteiger partial charge on any atom is 0.0892 e. The van der Waals surface area contributed by atoms with Crippen molar-refractivity contribution < 1.29 is 9.84 Å². The van der Waals surface area contributed by atoms with Crippen LogP contribution in [0.4, 0.5) is 0 Å². The molecule has 0 saturated heterocycles. The number of hydrogen-bond donors (Lipinski definition) is 1. The fraction of sp³-hybridized carbons (Fsp3) is 0.714. The molecule has 0 saturated carbocycles. The lowest BCUT2D eigenvalue weighted by Gasteiger charge is -2.09. The Hall–Kier alpha value is 0.01000. The van der Waals surface area contributed by atoms with Crippen LogP contribution in [0, 0.1) is 0 Å². The topological polar surface area (TPSA) is 29.5 Å². The van der Waals surface area contributed by atoms with Gasteiger partial charge in [-0.2, -0.15) is 11.8 Å². The van der Waals surface area contributed by atoms with E-state index in [0.29, 0.717) is 0 Å². The third-order valence-electron chi connectivity index (χ3n) is 1.08. The Labute approximate surface area is 66.3 Å². The standard InChI is InChI=1S/C7H14O2S/c1-3-4-10-6-7(5-8)9-2/h3,7-8H,1,4-6H2,2H3. The van der Waals surface area contributed by atoms with Gasteiger partial charge < -0.3 is 9.84 Å². The van der Waals surface area contributed by atoms with Gasteiger partial charge in [0, 0.05) is 18.6 Å². The van der Waals surface area contributed by atoms with E-state index in [4.69, 9.17) is 9.84 Å². The zero-order valence-electron chi connectivity index (χ0n) is 6.25. The molecule has 0 aliphatic heterocycles. The zero-order valence-corrected chi connectivity index (χ0v) is 7.06. The minimum absolute atomic E-state index is 0.0232. The van der Waals surface area contributed by atoms with Gasteiger partial charge >= 0.3 is 0 Å². The molecule has 0 fully saturated rings. The van der Waals surface area contributed by atoms with Crippen LogP contribution >= 0.6 is 11.8 Å². The molecule has 60 valence electrons. The third-order valence-corrected chi connectivity index (χ3v) is 2.16. The predicted molar refractivity (Wildman–Crippen MR) is 45.4 cm³/mol. The van der Waals surface area contributed by atoms with Gasteiger partial charge in [0.1, 0.15) is 0 Å². The summed E-state index contributed by atoms with van der Waals surface area (Å²) in [5.74, 6) is 1.75. The van der Waals surface area contributed by atoms with E-state index < -0.39 is 0 Å². The summed E-state index contributed by atoms with van der Waals surface area (Å²) in [7, 11) is 1.61. The highest BCUT2D eigenvalue weighted by Gasteiger charge is 2.02. The molecule has 1 N–H and O–H groups in total. The molecule has 0 heterocycles. The van der Waals surface area contributed by atoms with E-state index in [1.54, 1.807) is 18.9 Å². The Balaban J connectivity index is 3.16. The molecule has 0 radical (unpaired) electrons. The van der Waals surface area contributed by atoms with E-state index in [0.717, 1.165) is 11.5 Å². The summed E-state index contributed by atoms with van der Waals surface area (Å²) in [4.78, 5) is 0. The molecule has 3 heteroatoms. The maximum atomic E-state index is 8.66. The average molecular weight is 162 g/mol. The Kier molecular flexibility index (Phi) is 7.13. The first-order valence-electron chi connectivity index (χ1n) is 3.17. The molecule has 0 spiro atoms. The summed E-state index contributed by atoms with van der Waals surface area (Å²) in [6.45, 7) is 3.68. The monoisotopic (exact) mass is 162 g/mol. The number of ether oxygens (including phenoxy) is 1. The van der Waals surface area contributed by atoms with Gasteiger partial charge in [-0.05, 0) is 0 Å². The van der Waals surface area contributed by atoms with Crippen molar-refractivity contribution in [3.8, 4) is 0 Å². The van der Waals surface area contributed by atoms with Crippen molar-refractivity contribution in [1.82, 2.24) is 0 Å². The second-order valence-electron chi connectivity index (χ2n) is 1.87. The molecule has 1 unspecified atom stereocenters. The highest BCUT2D eigenvalue weighted by atomic mass is 32.2. The number of thioether (sulfide) groups is 1. The molecule has 0 rings (SSSR count). The summed E-state index contributed by atoms with van der Waals surface area (Å²) < 4.78 is 4.94. The quantitative estimate of drug-likeness (QED) is 0.465. The molecule has 0 aromatic carbocycles. The number of methoxy groups -OCH3 is 1. The molecule has 0 bridgehead atoms. The van der Waals surface area contributed by atoms with Crippen molar-refractivity contribution in [1.29, 1.82) is 0 Å². The first kappa shape index (κ1) is 10.0. The Morgan fingerprint density at radius 2 is 2.50 bits per heavy atom. The molecule has 1 atom stereocenters. The Morgan fingerprint density at radius 3 is 2.90 bits per heavy atom. The van der Waals surface area contributed by atoms with Crippen LogP contribution in [0.1, 0.15) is 0 Å². The molecular formula is C7H14O2S. The zero-order chi connectivity index (χ0) is 7.82. The largest absolute Gasteiger partial charge is 0.394 e. The second kappa shape index (κ2) is 7.12. The van der Waals surface area contributed by atoms with Crippen LogP contribution in [0.15, 0.2) is 12.7 Å². The number of hydrogen-bond acceptors (Lipinski definition) is 3. The summed E-state index contributed by atoms with van der Waals surface area (Å²) >= 11 is 1.71. The Morgan fingerprint density at radius 1 is 1.80 bits per heavy atom. The van der Waals surface area contributed by atoms with Gasteiger partial charge in [-0.25, -0.2) is 0 Å². The van der Waals surface area contributed by atoms with Gasteiger partial charge in [-0.15, -0.1) is 6.58 Å². The molecule has 0 aromatic heterocycles. The van der Waals surface area contributed by atoms with Crippen LogP contribution in [0.5, 0.6) is 0 Å². The van der Waals surface area contributed by atoms with Crippen molar-refractivity contribution in [2.75, 3.05) is 25.2 Å². The van der Waals surface area contributed by atoms with E-state index in [-0.39, 0.29) is 12.7 Å². The number of aliphatic hydroxyl groups excluding tert-OH is 1. The van der Waals surface area contributed by atoms with Gasteiger partial charge in [0.2, 0.25) is 0 Å². The average Bonchev–Trinajstić information content (AvgIpc) is 1.99. The summed E-state index contributed by atoms with van der Waals surface area (Å²) in [5, 5.41) is 8.66. The summed E-state index contributed by atoms with van der Waals surface area (Å²) in [5.41, 5.74) is 0. The fourth-order valence-electron chi connectivity index (χ4n) is 0.478. The normalized spacial score (nSPS) is 13.0. The Bertz CT molecular complexity index is 81.7. The smallest absolute Gasteiger partial charge is 0.0892 e. The van der Waals surface area contributed by atoms with Gasteiger partial charge in [0.25, 0.3) is 0 Å². The van der Waals surface area contributed by atoms with E-state index in [1.165, 1.54) is 0 Å². The minimum Gasteiger partial charge on any atom is -0.394 e. The lowest BCUT2D eigenvalue weighted by molar-refractivity contribution is 0.0657. The van der Waals surface area contributed by atoms with Gasteiger partial charge in [-0.3, -0.25) is 0 Å². The van der Waals surface area contributed by atoms with Crippen molar-refractivity contribution in [3.05, 3.63) is 12.7 Å². The molecule has 0 aliphatic carbocycles. The van der Waals surface area contributed by atoms with Crippen LogP contribution in [0.3, 0.4) is 0 Å². The van der Waals surface area contributed by atoms with E-state index in [9.17, 15) is 0 Å². The highest BCUT2D eigenvalue weighted by Crippen LogP contribution is 2.04. The van der Waals surface area contributed by atoms with Crippen LogP contribution in [0.2, 0.25) is 0 Å². The summed E-state index contributed by atoms with van der Waals surface area (Å²) in [6, 6.07) is 0. The second-order valence-corrected chi connectivity index (χ2v) is 2.94. The van der Waals surface area contributed by atoms with Gasteiger partial charge in [-0.1, -0.05) is 6.08 Å². The van der Waals surface area contributed by atoms with E-state index >= 15 is 0 Å². The third kappa shape index (κ3) is 4.85. The van der Waals surface area contributed by atoms with Gasteiger partial charge in [0.15, 0.2) is 0 Å². The first-order valence-corrected chi connectivity index (χ1v) is 4.33. The number of rotatable bonds is 6. The molecule has 0 aliphatic rings. The SMILES string of the molecule is C=CCSCC(CO)OC. The molecule has 2 nitrogen and oxygen atoms in total. The van der Waals surface area contributed by atoms with Crippen molar-refractivity contribution in [2.24, 2.45) is 0 Å². The molecule has 0 amide bonds. The first-order chi connectivity index (χ1) is 4.85. The highest BCUT2D eigenvalue weighted by molar-refractivity contribution is 7.99. The number of aliphatic hydroxyl groups is 1. The fourth-order valence-corrected chi connectivity index (χ4v) is 1.29. The summed E-state index contributed by atoms with van der Waals surface area (Å²) in [6.07, 6.45) is 1.82. The molecule has 0 aromatic rings. The maximum absolute atomic E-state index is 8.66.